The Kier molecular flexibility index (Phi) is 5.18. The van der Waals surface area contributed by atoms with Crippen molar-refractivity contribution in [2.75, 3.05) is 20.8 Å². The van der Waals surface area contributed by atoms with Gasteiger partial charge in [0.2, 0.25) is 0 Å². The van der Waals surface area contributed by atoms with E-state index in [1.807, 2.05) is 25.1 Å². The molecule has 0 fully saturated rings. The second kappa shape index (κ2) is 7.35. The molecule has 132 valence electrons. The number of ether oxygens (including phenoxy) is 3. The SMILES string of the molecule is COc1cc(C(=O)NC2CCOc3ccc(Br)cc32)cc(OC)c1C. The van der Waals surface area contributed by atoms with Crippen LogP contribution in [0, 0.1) is 6.92 Å². The van der Waals surface area contributed by atoms with Crippen molar-refractivity contribution >= 4 is 21.8 Å². The summed E-state index contributed by atoms with van der Waals surface area (Å²) in [4.78, 5) is 12.8. The molecule has 1 atom stereocenters. The third-order valence-electron chi connectivity index (χ3n) is 4.33. The van der Waals surface area contributed by atoms with E-state index in [9.17, 15) is 4.79 Å². The number of carbonyl (C=O) groups excluding carboxylic acids is 1. The Labute approximate surface area is 155 Å². The Hall–Kier alpha value is -2.21. The molecule has 0 radical (unpaired) electrons. The van der Waals surface area contributed by atoms with Crippen molar-refractivity contribution in [2.45, 2.75) is 19.4 Å². The second-order valence-corrected chi connectivity index (χ2v) is 6.77. The van der Waals surface area contributed by atoms with Crippen LogP contribution in [0.3, 0.4) is 0 Å². The standard InChI is InChI=1S/C19H20BrNO4/c1-11-17(23-2)8-12(9-18(11)24-3)19(22)21-15-6-7-25-16-5-4-13(20)10-14(15)16/h4-5,8-10,15H,6-7H2,1-3H3,(H,21,22). The van der Waals surface area contributed by atoms with Gasteiger partial charge < -0.3 is 19.5 Å². The van der Waals surface area contributed by atoms with Crippen molar-refractivity contribution in [3.05, 3.63) is 51.5 Å². The summed E-state index contributed by atoms with van der Waals surface area (Å²) in [5.41, 5.74) is 2.34. The molecular formula is C19H20BrNO4. The second-order valence-electron chi connectivity index (χ2n) is 5.85. The van der Waals surface area contributed by atoms with E-state index in [1.54, 1.807) is 26.4 Å². The molecule has 1 aliphatic rings. The number of hydrogen-bond donors (Lipinski definition) is 1. The van der Waals surface area contributed by atoms with Crippen LogP contribution in [0.2, 0.25) is 0 Å². The highest BCUT2D eigenvalue weighted by atomic mass is 79.9. The molecule has 1 N–H and O–H groups in total. The lowest BCUT2D eigenvalue weighted by Gasteiger charge is -2.27. The minimum Gasteiger partial charge on any atom is -0.496 e. The van der Waals surface area contributed by atoms with Gasteiger partial charge in [0, 0.05) is 27.6 Å². The van der Waals surface area contributed by atoms with Crippen molar-refractivity contribution in [1.29, 1.82) is 0 Å². The Morgan fingerprint density at radius 1 is 1.20 bits per heavy atom. The maximum absolute atomic E-state index is 12.8. The van der Waals surface area contributed by atoms with Crippen LogP contribution in [0.25, 0.3) is 0 Å². The highest BCUT2D eigenvalue weighted by Crippen LogP contribution is 2.35. The summed E-state index contributed by atoms with van der Waals surface area (Å²) >= 11 is 3.47. The zero-order valence-electron chi connectivity index (χ0n) is 14.4. The van der Waals surface area contributed by atoms with Crippen LogP contribution in [0.4, 0.5) is 0 Å². The van der Waals surface area contributed by atoms with Crippen LogP contribution < -0.4 is 19.5 Å². The lowest BCUT2D eigenvalue weighted by Crippen LogP contribution is -2.32. The summed E-state index contributed by atoms with van der Waals surface area (Å²) < 4.78 is 17.3. The van der Waals surface area contributed by atoms with E-state index in [1.165, 1.54) is 0 Å². The zero-order chi connectivity index (χ0) is 18.0. The van der Waals surface area contributed by atoms with Gasteiger partial charge >= 0.3 is 0 Å². The van der Waals surface area contributed by atoms with Gasteiger partial charge in [0.05, 0.1) is 26.9 Å². The molecule has 1 unspecified atom stereocenters. The van der Waals surface area contributed by atoms with Crippen molar-refractivity contribution in [1.82, 2.24) is 5.32 Å². The normalized spacial score (nSPS) is 15.8. The third kappa shape index (κ3) is 3.58. The molecule has 0 bridgehead atoms. The van der Waals surface area contributed by atoms with Crippen LogP contribution in [-0.4, -0.2) is 26.7 Å². The maximum Gasteiger partial charge on any atom is 0.252 e. The lowest BCUT2D eigenvalue weighted by atomic mass is 10.00. The molecule has 5 nitrogen and oxygen atoms in total. The minimum absolute atomic E-state index is 0.105. The van der Waals surface area contributed by atoms with Crippen LogP contribution >= 0.6 is 15.9 Å². The highest BCUT2D eigenvalue weighted by molar-refractivity contribution is 9.10. The van der Waals surface area contributed by atoms with Gasteiger partial charge in [0.15, 0.2) is 0 Å². The van der Waals surface area contributed by atoms with E-state index < -0.39 is 0 Å². The monoisotopic (exact) mass is 405 g/mol. The fraction of sp³-hybridized carbons (Fsp3) is 0.316. The first-order valence-corrected chi connectivity index (χ1v) is 8.78. The summed E-state index contributed by atoms with van der Waals surface area (Å²) in [6.07, 6.45) is 0.718. The number of benzene rings is 2. The number of rotatable bonds is 4. The maximum atomic E-state index is 12.8. The molecule has 2 aromatic rings. The highest BCUT2D eigenvalue weighted by Gasteiger charge is 2.24. The van der Waals surface area contributed by atoms with Crippen molar-refractivity contribution < 1.29 is 19.0 Å². The summed E-state index contributed by atoms with van der Waals surface area (Å²) in [5, 5.41) is 3.09. The molecule has 2 aromatic carbocycles. The van der Waals surface area contributed by atoms with Crippen LogP contribution in [0.15, 0.2) is 34.8 Å². The van der Waals surface area contributed by atoms with Gasteiger partial charge in [0.1, 0.15) is 17.2 Å². The van der Waals surface area contributed by atoms with Crippen LogP contribution in [-0.2, 0) is 0 Å². The number of fused-ring (bicyclic) bond motifs is 1. The summed E-state index contributed by atoms with van der Waals surface area (Å²) in [6, 6.07) is 9.18. The van der Waals surface area contributed by atoms with Gasteiger partial charge in [0.25, 0.3) is 5.91 Å². The molecule has 3 rings (SSSR count). The molecule has 1 amide bonds. The van der Waals surface area contributed by atoms with E-state index in [2.05, 4.69) is 21.2 Å². The van der Waals surface area contributed by atoms with Crippen molar-refractivity contribution in [3.8, 4) is 17.2 Å². The fourth-order valence-corrected chi connectivity index (χ4v) is 3.35. The van der Waals surface area contributed by atoms with Gasteiger partial charge in [-0.1, -0.05) is 15.9 Å². The van der Waals surface area contributed by atoms with Gasteiger partial charge in [-0.15, -0.1) is 0 Å². The molecular weight excluding hydrogens is 386 g/mol. The number of halogens is 1. The molecule has 6 heteroatoms. The van der Waals surface area contributed by atoms with E-state index >= 15 is 0 Å². The third-order valence-corrected chi connectivity index (χ3v) is 4.82. The summed E-state index contributed by atoms with van der Waals surface area (Å²) in [5.74, 6) is 1.88. The molecule has 0 spiro atoms. The average molecular weight is 406 g/mol. The Balaban J connectivity index is 1.88. The molecule has 1 heterocycles. The molecule has 1 aliphatic heterocycles. The predicted octanol–water partition coefficient (Wildman–Crippen LogP) is 4.03. The summed E-state index contributed by atoms with van der Waals surface area (Å²) in [7, 11) is 3.16. The largest absolute Gasteiger partial charge is 0.496 e. The first-order valence-electron chi connectivity index (χ1n) is 7.99. The molecule has 0 saturated carbocycles. The number of nitrogens with one attached hydrogen (secondary N) is 1. The Morgan fingerprint density at radius 3 is 2.52 bits per heavy atom. The Bertz CT molecular complexity index is 781. The van der Waals surface area contributed by atoms with Crippen LogP contribution in [0.5, 0.6) is 17.2 Å². The average Bonchev–Trinajstić information content (AvgIpc) is 2.62. The topological polar surface area (TPSA) is 56.8 Å². The first kappa shape index (κ1) is 17.6. The van der Waals surface area contributed by atoms with Gasteiger partial charge in [-0.05, 0) is 37.3 Å². The number of carbonyl (C=O) groups is 1. The van der Waals surface area contributed by atoms with Gasteiger partial charge in [-0.3, -0.25) is 4.79 Å². The van der Waals surface area contributed by atoms with E-state index in [4.69, 9.17) is 14.2 Å². The fourth-order valence-electron chi connectivity index (χ4n) is 2.97. The van der Waals surface area contributed by atoms with Crippen molar-refractivity contribution in [3.63, 3.8) is 0 Å². The molecule has 25 heavy (non-hydrogen) atoms. The zero-order valence-corrected chi connectivity index (χ0v) is 16.0. The van der Waals surface area contributed by atoms with Gasteiger partial charge in [-0.25, -0.2) is 0 Å². The van der Waals surface area contributed by atoms with E-state index in [0.717, 1.165) is 27.8 Å². The van der Waals surface area contributed by atoms with E-state index in [0.29, 0.717) is 23.7 Å². The smallest absolute Gasteiger partial charge is 0.252 e. The first-order chi connectivity index (χ1) is 12.0. The lowest BCUT2D eigenvalue weighted by molar-refractivity contribution is 0.0924. The molecule has 0 aliphatic carbocycles. The summed E-state index contributed by atoms with van der Waals surface area (Å²) in [6.45, 7) is 2.46. The van der Waals surface area contributed by atoms with Gasteiger partial charge in [-0.2, -0.15) is 0 Å². The number of methoxy groups -OCH3 is 2. The van der Waals surface area contributed by atoms with Crippen LogP contribution in [0.1, 0.15) is 33.9 Å². The molecule has 0 saturated heterocycles. The van der Waals surface area contributed by atoms with E-state index in [-0.39, 0.29) is 11.9 Å². The van der Waals surface area contributed by atoms with Crippen molar-refractivity contribution in [2.24, 2.45) is 0 Å². The minimum atomic E-state index is -0.172. The predicted molar refractivity (Wildman–Crippen MR) is 98.7 cm³/mol. The number of amides is 1. The number of hydrogen-bond acceptors (Lipinski definition) is 4. The molecule has 0 aromatic heterocycles. The Morgan fingerprint density at radius 2 is 1.88 bits per heavy atom. The quantitative estimate of drug-likeness (QED) is 0.833.